The van der Waals surface area contributed by atoms with Gasteiger partial charge in [-0.3, -0.25) is 9.20 Å². The van der Waals surface area contributed by atoms with E-state index in [-0.39, 0.29) is 5.91 Å². The van der Waals surface area contributed by atoms with Crippen molar-refractivity contribution in [1.82, 2.24) is 9.38 Å². The third kappa shape index (κ3) is 2.04. The summed E-state index contributed by atoms with van der Waals surface area (Å²) in [5, 5.41) is 5.06. The van der Waals surface area contributed by atoms with Gasteiger partial charge >= 0.3 is 0 Å². The van der Waals surface area contributed by atoms with Crippen molar-refractivity contribution in [3.63, 3.8) is 0 Å². The van der Waals surface area contributed by atoms with Crippen LogP contribution in [-0.2, 0) is 0 Å². The van der Waals surface area contributed by atoms with E-state index in [1.165, 1.54) is 12.5 Å². The molecule has 0 bridgehead atoms. The lowest BCUT2D eigenvalue weighted by atomic mass is 10.1. The first-order valence-electron chi connectivity index (χ1n) is 8.36. The number of nitrogens with one attached hydrogen (secondary N) is 1. The largest absolute Gasteiger partial charge is 0.472 e. The Morgan fingerprint density at radius 3 is 2.62 bits per heavy atom. The standard InChI is InChI=1S/C21H15N3O2/c1-13-22-17-8-4-2-6-15(17)20-19(23-21(25)14-10-11-26-12-14)16-7-3-5-9-18(16)24(13)20/h2-12H,1H3,(H,23,25). The summed E-state index contributed by atoms with van der Waals surface area (Å²) >= 11 is 0. The Balaban J connectivity index is 1.89. The minimum absolute atomic E-state index is 0.199. The molecule has 2 aromatic carbocycles. The molecule has 0 aliphatic heterocycles. The Bertz CT molecular complexity index is 1280. The van der Waals surface area contributed by atoms with Gasteiger partial charge in [-0.15, -0.1) is 0 Å². The Labute approximate surface area is 148 Å². The van der Waals surface area contributed by atoms with E-state index in [1.807, 2.05) is 55.5 Å². The van der Waals surface area contributed by atoms with Gasteiger partial charge in [0, 0.05) is 10.8 Å². The van der Waals surface area contributed by atoms with Crippen LogP contribution >= 0.6 is 0 Å². The first kappa shape index (κ1) is 14.7. The van der Waals surface area contributed by atoms with Crippen molar-refractivity contribution in [3.8, 4) is 0 Å². The number of aromatic nitrogens is 2. The quantitative estimate of drug-likeness (QED) is 0.502. The molecule has 1 amide bonds. The predicted octanol–water partition coefficient (Wildman–Crippen LogP) is 4.79. The van der Waals surface area contributed by atoms with Gasteiger partial charge in [0.15, 0.2) is 0 Å². The summed E-state index contributed by atoms with van der Waals surface area (Å²) in [4.78, 5) is 17.4. The van der Waals surface area contributed by atoms with E-state index in [1.54, 1.807) is 6.07 Å². The molecule has 0 radical (unpaired) electrons. The minimum atomic E-state index is -0.199. The van der Waals surface area contributed by atoms with E-state index in [4.69, 9.17) is 9.40 Å². The Hall–Kier alpha value is -3.60. The molecule has 0 saturated heterocycles. The average molecular weight is 341 g/mol. The van der Waals surface area contributed by atoms with Crippen LogP contribution in [0.2, 0.25) is 0 Å². The van der Waals surface area contributed by atoms with Gasteiger partial charge in [0.2, 0.25) is 0 Å². The van der Waals surface area contributed by atoms with Gasteiger partial charge < -0.3 is 9.73 Å². The predicted molar refractivity (Wildman–Crippen MR) is 102 cm³/mol. The normalized spacial score (nSPS) is 11.4. The third-order valence-corrected chi connectivity index (χ3v) is 4.66. The highest BCUT2D eigenvalue weighted by Crippen LogP contribution is 2.36. The molecule has 0 aliphatic carbocycles. The van der Waals surface area contributed by atoms with E-state index in [2.05, 4.69) is 9.72 Å². The van der Waals surface area contributed by atoms with Gasteiger partial charge in [0.25, 0.3) is 5.91 Å². The molecule has 0 aliphatic rings. The van der Waals surface area contributed by atoms with Crippen LogP contribution in [0.4, 0.5) is 5.69 Å². The monoisotopic (exact) mass is 341 g/mol. The van der Waals surface area contributed by atoms with Gasteiger partial charge in [-0.25, -0.2) is 4.98 Å². The van der Waals surface area contributed by atoms with Gasteiger partial charge in [0.05, 0.1) is 34.1 Å². The number of carbonyl (C=O) groups excluding carboxylic acids is 1. The molecule has 126 valence electrons. The highest BCUT2D eigenvalue weighted by Gasteiger charge is 2.19. The molecule has 0 unspecified atom stereocenters. The lowest BCUT2D eigenvalue weighted by Crippen LogP contribution is -2.11. The molecule has 0 atom stereocenters. The maximum Gasteiger partial charge on any atom is 0.258 e. The molecule has 0 saturated carbocycles. The average Bonchev–Trinajstić information content (AvgIpc) is 3.30. The van der Waals surface area contributed by atoms with Crippen molar-refractivity contribution in [2.24, 2.45) is 0 Å². The van der Waals surface area contributed by atoms with Gasteiger partial charge in [-0.05, 0) is 25.1 Å². The first-order chi connectivity index (χ1) is 12.7. The van der Waals surface area contributed by atoms with Gasteiger partial charge in [-0.1, -0.05) is 36.4 Å². The smallest absolute Gasteiger partial charge is 0.258 e. The maximum absolute atomic E-state index is 12.7. The van der Waals surface area contributed by atoms with Crippen molar-refractivity contribution in [1.29, 1.82) is 0 Å². The number of hydrogen-bond donors (Lipinski definition) is 1. The molecule has 5 heteroatoms. The highest BCUT2D eigenvalue weighted by molar-refractivity contribution is 6.18. The Kier molecular flexibility index (Phi) is 3.09. The summed E-state index contributed by atoms with van der Waals surface area (Å²) in [6.45, 7) is 1.98. The lowest BCUT2D eigenvalue weighted by molar-refractivity contribution is 0.102. The van der Waals surface area contributed by atoms with Crippen LogP contribution in [0.25, 0.3) is 27.3 Å². The number of nitrogens with zero attached hydrogens (tertiary/aromatic N) is 2. The summed E-state index contributed by atoms with van der Waals surface area (Å²) in [7, 11) is 0. The van der Waals surface area contributed by atoms with Crippen molar-refractivity contribution in [2.45, 2.75) is 6.92 Å². The van der Waals surface area contributed by atoms with Gasteiger partial charge in [-0.2, -0.15) is 0 Å². The van der Waals surface area contributed by atoms with E-state index >= 15 is 0 Å². The number of fused-ring (bicyclic) bond motifs is 5. The molecule has 5 rings (SSSR count). The van der Waals surface area contributed by atoms with Crippen LogP contribution in [-0.4, -0.2) is 15.3 Å². The summed E-state index contributed by atoms with van der Waals surface area (Å²) < 4.78 is 7.14. The van der Waals surface area contributed by atoms with E-state index in [0.29, 0.717) is 5.56 Å². The number of amides is 1. The number of benzene rings is 2. The molecular weight excluding hydrogens is 326 g/mol. The Morgan fingerprint density at radius 2 is 1.81 bits per heavy atom. The highest BCUT2D eigenvalue weighted by atomic mass is 16.3. The zero-order valence-corrected chi connectivity index (χ0v) is 14.1. The summed E-state index contributed by atoms with van der Waals surface area (Å²) in [6.07, 6.45) is 2.94. The number of furan rings is 1. The fourth-order valence-electron chi connectivity index (χ4n) is 3.53. The first-order valence-corrected chi connectivity index (χ1v) is 8.36. The molecular formula is C21H15N3O2. The lowest BCUT2D eigenvalue weighted by Gasteiger charge is -2.08. The molecule has 3 heterocycles. The second kappa shape index (κ2) is 5.46. The molecule has 1 N–H and O–H groups in total. The maximum atomic E-state index is 12.7. The fraction of sp³-hybridized carbons (Fsp3) is 0.0476. The second-order valence-electron chi connectivity index (χ2n) is 6.22. The molecule has 0 spiro atoms. The second-order valence-corrected chi connectivity index (χ2v) is 6.22. The van der Waals surface area contributed by atoms with Crippen molar-refractivity contribution in [2.75, 3.05) is 5.32 Å². The molecule has 3 aromatic heterocycles. The summed E-state index contributed by atoms with van der Waals surface area (Å²) in [5.41, 5.74) is 4.14. The SMILES string of the molecule is Cc1nc2ccccc2c2c(NC(=O)c3ccoc3)c3ccccc3n12. The number of hydrogen-bond acceptors (Lipinski definition) is 3. The number of anilines is 1. The van der Waals surface area contributed by atoms with Gasteiger partial charge in [0.1, 0.15) is 12.1 Å². The zero-order valence-electron chi connectivity index (χ0n) is 14.1. The summed E-state index contributed by atoms with van der Waals surface area (Å²) in [5.74, 6) is 0.675. The van der Waals surface area contributed by atoms with Crippen molar-refractivity contribution in [3.05, 3.63) is 78.5 Å². The van der Waals surface area contributed by atoms with E-state index in [9.17, 15) is 4.79 Å². The number of aryl methyl sites for hydroxylation is 1. The number of rotatable bonds is 2. The fourth-order valence-corrected chi connectivity index (χ4v) is 3.53. The van der Waals surface area contributed by atoms with Crippen LogP contribution in [0, 0.1) is 6.92 Å². The Morgan fingerprint density at radius 1 is 1.04 bits per heavy atom. The van der Waals surface area contributed by atoms with Crippen LogP contribution in [0.5, 0.6) is 0 Å². The summed E-state index contributed by atoms with van der Waals surface area (Å²) in [6, 6.07) is 17.6. The molecule has 26 heavy (non-hydrogen) atoms. The third-order valence-electron chi connectivity index (χ3n) is 4.66. The number of para-hydroxylation sites is 2. The number of carbonyl (C=O) groups is 1. The van der Waals surface area contributed by atoms with Crippen molar-refractivity contribution < 1.29 is 9.21 Å². The molecule has 5 nitrogen and oxygen atoms in total. The van der Waals surface area contributed by atoms with Crippen LogP contribution in [0.1, 0.15) is 16.2 Å². The van der Waals surface area contributed by atoms with E-state index in [0.717, 1.165) is 38.8 Å². The topological polar surface area (TPSA) is 59.5 Å². The van der Waals surface area contributed by atoms with Crippen LogP contribution < -0.4 is 5.32 Å². The molecule has 5 aromatic rings. The van der Waals surface area contributed by atoms with Crippen LogP contribution in [0.15, 0.2) is 71.5 Å². The molecule has 0 fully saturated rings. The van der Waals surface area contributed by atoms with Crippen LogP contribution in [0.3, 0.4) is 0 Å². The van der Waals surface area contributed by atoms with E-state index < -0.39 is 0 Å². The zero-order chi connectivity index (χ0) is 17.7. The minimum Gasteiger partial charge on any atom is -0.472 e. The van der Waals surface area contributed by atoms with Crippen molar-refractivity contribution >= 4 is 38.9 Å².